The molecular formula is C13H22N2O4. The van der Waals surface area contributed by atoms with E-state index in [2.05, 4.69) is 19.2 Å². The number of carbonyl (C=O) groups is 2. The maximum absolute atomic E-state index is 12.1. The first-order valence-corrected chi connectivity index (χ1v) is 6.76. The number of nitrogens with one attached hydrogen (secondary N) is 1. The van der Waals surface area contributed by atoms with Crippen LogP contribution in [0.2, 0.25) is 0 Å². The molecule has 2 rings (SSSR count). The van der Waals surface area contributed by atoms with Crippen LogP contribution in [0.25, 0.3) is 0 Å². The van der Waals surface area contributed by atoms with E-state index in [1.807, 2.05) is 0 Å². The van der Waals surface area contributed by atoms with Gasteiger partial charge in [-0.2, -0.15) is 0 Å². The third-order valence-corrected chi connectivity index (χ3v) is 4.12. The molecule has 2 aliphatic rings. The average Bonchev–Trinajstić information content (AvgIpc) is 2.82. The molecule has 1 aliphatic heterocycles. The zero-order valence-corrected chi connectivity index (χ0v) is 11.4. The first-order valence-electron chi connectivity index (χ1n) is 6.76. The van der Waals surface area contributed by atoms with Gasteiger partial charge in [0.15, 0.2) is 0 Å². The van der Waals surface area contributed by atoms with Crippen LogP contribution < -0.4 is 5.32 Å². The van der Waals surface area contributed by atoms with Crippen LogP contribution in [0.1, 0.15) is 39.5 Å². The van der Waals surface area contributed by atoms with E-state index in [4.69, 9.17) is 5.11 Å². The van der Waals surface area contributed by atoms with Crippen LogP contribution in [0.4, 0.5) is 4.79 Å². The number of carboxylic acids is 1. The Morgan fingerprint density at radius 3 is 2.58 bits per heavy atom. The van der Waals surface area contributed by atoms with Crippen molar-refractivity contribution in [3.05, 3.63) is 0 Å². The van der Waals surface area contributed by atoms with Gasteiger partial charge in [-0.15, -0.1) is 0 Å². The minimum Gasteiger partial charge on any atom is -0.480 e. The Morgan fingerprint density at radius 1 is 1.37 bits per heavy atom. The van der Waals surface area contributed by atoms with Crippen molar-refractivity contribution in [2.24, 2.45) is 5.41 Å². The van der Waals surface area contributed by atoms with Crippen LogP contribution in [0.3, 0.4) is 0 Å². The second kappa shape index (κ2) is 5.00. The maximum Gasteiger partial charge on any atom is 0.326 e. The summed E-state index contributed by atoms with van der Waals surface area (Å²) >= 11 is 0. The van der Waals surface area contributed by atoms with Crippen LogP contribution in [0.5, 0.6) is 0 Å². The predicted molar refractivity (Wildman–Crippen MR) is 68.7 cm³/mol. The van der Waals surface area contributed by atoms with Crippen LogP contribution in [0, 0.1) is 5.41 Å². The number of aliphatic hydroxyl groups excluding tert-OH is 1. The van der Waals surface area contributed by atoms with Crippen molar-refractivity contribution in [3.8, 4) is 0 Å². The molecule has 1 saturated carbocycles. The summed E-state index contributed by atoms with van der Waals surface area (Å²) in [7, 11) is 0. The van der Waals surface area contributed by atoms with E-state index >= 15 is 0 Å². The molecule has 0 spiro atoms. The number of aliphatic hydroxyl groups is 1. The van der Waals surface area contributed by atoms with Crippen molar-refractivity contribution in [2.75, 3.05) is 6.54 Å². The summed E-state index contributed by atoms with van der Waals surface area (Å²) in [6.07, 6.45) is 2.26. The third kappa shape index (κ3) is 3.18. The van der Waals surface area contributed by atoms with Crippen molar-refractivity contribution >= 4 is 12.0 Å². The highest BCUT2D eigenvalue weighted by Gasteiger charge is 2.40. The zero-order valence-electron chi connectivity index (χ0n) is 11.4. The van der Waals surface area contributed by atoms with E-state index in [1.54, 1.807) is 0 Å². The lowest BCUT2D eigenvalue weighted by molar-refractivity contribution is -0.141. The van der Waals surface area contributed by atoms with Gasteiger partial charge in [0.05, 0.1) is 6.10 Å². The number of nitrogens with zero attached hydrogens (tertiary/aromatic N) is 1. The van der Waals surface area contributed by atoms with Gasteiger partial charge in [0.2, 0.25) is 0 Å². The molecule has 3 N–H and O–H groups in total. The van der Waals surface area contributed by atoms with Crippen LogP contribution in [-0.4, -0.2) is 51.8 Å². The van der Waals surface area contributed by atoms with Gasteiger partial charge in [0.1, 0.15) is 6.04 Å². The number of β-amino-alcohol motifs (C(OH)–C–C–N with tert-alkyl or cyclic N) is 1. The zero-order chi connectivity index (χ0) is 14.2. The first-order chi connectivity index (χ1) is 8.78. The maximum atomic E-state index is 12.1. The van der Waals surface area contributed by atoms with Crippen LogP contribution >= 0.6 is 0 Å². The Bertz CT molecular complexity index is 383. The molecule has 108 valence electrons. The standard InChI is InChI=1S/C13H22N2O4/c1-13(2)4-3-8(6-13)14-12(19)15-7-9(16)5-10(15)11(17)18/h8-10,16H,3-7H2,1-2H3,(H,14,19)(H,17,18)/t8?,9?,10-/m0/s1. The monoisotopic (exact) mass is 270 g/mol. The Labute approximate surface area is 112 Å². The molecule has 0 aromatic heterocycles. The molecule has 3 atom stereocenters. The Morgan fingerprint density at radius 2 is 2.05 bits per heavy atom. The highest BCUT2D eigenvalue weighted by atomic mass is 16.4. The summed E-state index contributed by atoms with van der Waals surface area (Å²) in [5.74, 6) is -1.06. The number of likely N-dealkylation sites (tertiary alicyclic amines) is 1. The molecule has 6 nitrogen and oxygen atoms in total. The number of carboxylic acid groups (broad SMARTS) is 1. The lowest BCUT2D eigenvalue weighted by Crippen LogP contribution is -2.48. The third-order valence-electron chi connectivity index (χ3n) is 4.12. The summed E-state index contributed by atoms with van der Waals surface area (Å²) in [5, 5.41) is 21.5. The molecule has 1 heterocycles. The molecule has 0 aromatic carbocycles. The van der Waals surface area contributed by atoms with Crippen LogP contribution in [-0.2, 0) is 4.79 Å². The minimum atomic E-state index is -1.06. The van der Waals surface area contributed by atoms with Gasteiger partial charge in [0.25, 0.3) is 0 Å². The summed E-state index contributed by atoms with van der Waals surface area (Å²) in [6.45, 7) is 4.43. The van der Waals surface area contributed by atoms with E-state index < -0.39 is 18.1 Å². The van der Waals surface area contributed by atoms with Gasteiger partial charge < -0.3 is 20.4 Å². The van der Waals surface area contributed by atoms with Crippen molar-refractivity contribution in [2.45, 2.75) is 57.7 Å². The van der Waals surface area contributed by atoms with E-state index in [0.717, 1.165) is 19.3 Å². The lowest BCUT2D eigenvalue weighted by Gasteiger charge is -2.24. The largest absolute Gasteiger partial charge is 0.480 e. The molecule has 0 radical (unpaired) electrons. The van der Waals surface area contributed by atoms with E-state index in [0.29, 0.717) is 0 Å². The quantitative estimate of drug-likeness (QED) is 0.692. The molecule has 0 aromatic rings. The highest BCUT2D eigenvalue weighted by Crippen LogP contribution is 2.37. The van der Waals surface area contributed by atoms with Crippen molar-refractivity contribution in [1.82, 2.24) is 10.2 Å². The number of amides is 2. The molecule has 2 unspecified atom stereocenters. The van der Waals surface area contributed by atoms with Gasteiger partial charge >= 0.3 is 12.0 Å². The van der Waals surface area contributed by atoms with Gasteiger partial charge in [-0.3, -0.25) is 0 Å². The normalized spacial score (nSPS) is 33.4. The molecule has 1 aliphatic carbocycles. The second-order valence-electron chi connectivity index (χ2n) is 6.45. The van der Waals surface area contributed by atoms with Crippen molar-refractivity contribution in [1.29, 1.82) is 0 Å². The smallest absolute Gasteiger partial charge is 0.326 e. The number of urea groups is 1. The topological polar surface area (TPSA) is 89.9 Å². The van der Waals surface area contributed by atoms with E-state index in [9.17, 15) is 14.7 Å². The second-order valence-corrected chi connectivity index (χ2v) is 6.45. The molecule has 19 heavy (non-hydrogen) atoms. The van der Waals surface area contributed by atoms with E-state index in [1.165, 1.54) is 4.90 Å². The van der Waals surface area contributed by atoms with Crippen molar-refractivity contribution in [3.63, 3.8) is 0 Å². The summed E-state index contributed by atoms with van der Waals surface area (Å²) in [5.41, 5.74) is 0.231. The van der Waals surface area contributed by atoms with Gasteiger partial charge in [-0.05, 0) is 24.7 Å². The number of rotatable bonds is 2. The minimum absolute atomic E-state index is 0.0961. The van der Waals surface area contributed by atoms with Gasteiger partial charge in [-0.1, -0.05) is 13.8 Å². The summed E-state index contributed by atoms with van der Waals surface area (Å²) in [6, 6.07) is -1.18. The lowest BCUT2D eigenvalue weighted by atomic mass is 9.92. The fourth-order valence-electron chi connectivity index (χ4n) is 3.09. The number of aliphatic carboxylic acids is 1. The molecule has 2 amide bonds. The number of hydrogen-bond donors (Lipinski definition) is 3. The summed E-state index contributed by atoms with van der Waals surface area (Å²) < 4.78 is 0. The highest BCUT2D eigenvalue weighted by molar-refractivity contribution is 5.83. The fourth-order valence-corrected chi connectivity index (χ4v) is 3.09. The fraction of sp³-hybridized carbons (Fsp3) is 0.846. The van der Waals surface area contributed by atoms with Gasteiger partial charge in [0, 0.05) is 19.0 Å². The molecular weight excluding hydrogens is 248 g/mol. The van der Waals surface area contributed by atoms with Gasteiger partial charge in [-0.25, -0.2) is 9.59 Å². The predicted octanol–water partition coefficient (Wildman–Crippen LogP) is 0.794. The average molecular weight is 270 g/mol. The molecule has 2 fully saturated rings. The number of carbonyl (C=O) groups excluding carboxylic acids is 1. The Hall–Kier alpha value is -1.30. The van der Waals surface area contributed by atoms with E-state index in [-0.39, 0.29) is 30.5 Å². The summed E-state index contributed by atoms with van der Waals surface area (Å²) in [4.78, 5) is 24.4. The molecule has 6 heteroatoms. The Balaban J connectivity index is 1.94. The molecule has 0 bridgehead atoms. The number of hydrogen-bond acceptors (Lipinski definition) is 3. The van der Waals surface area contributed by atoms with Crippen LogP contribution in [0.15, 0.2) is 0 Å². The SMILES string of the molecule is CC1(C)CCC(NC(=O)N2CC(O)C[C@H]2C(=O)O)C1. The van der Waals surface area contributed by atoms with Crippen molar-refractivity contribution < 1.29 is 19.8 Å². The first kappa shape index (κ1) is 14.1. The Kier molecular flexibility index (Phi) is 3.71. The molecule has 1 saturated heterocycles.